The molecule has 80 valence electrons. The first-order valence-corrected chi connectivity index (χ1v) is 5.08. The molecule has 2 N–H and O–H groups in total. The van der Waals surface area contributed by atoms with Crippen LogP contribution in [0.1, 0.15) is 33.6 Å². The molecular formula is C10H23NO2. The smallest absolute Gasteiger partial charge is 0.0703 e. The van der Waals surface area contributed by atoms with Crippen molar-refractivity contribution in [3.63, 3.8) is 0 Å². The van der Waals surface area contributed by atoms with Crippen LogP contribution in [-0.2, 0) is 9.47 Å². The summed E-state index contributed by atoms with van der Waals surface area (Å²) < 4.78 is 10.7. The van der Waals surface area contributed by atoms with Gasteiger partial charge < -0.3 is 15.2 Å². The molecule has 0 aliphatic heterocycles. The summed E-state index contributed by atoms with van der Waals surface area (Å²) in [6.07, 6.45) is 2.37. The van der Waals surface area contributed by atoms with Crippen molar-refractivity contribution in [1.29, 1.82) is 0 Å². The van der Waals surface area contributed by atoms with Crippen molar-refractivity contribution in [1.82, 2.24) is 0 Å². The second-order valence-corrected chi connectivity index (χ2v) is 3.65. The van der Waals surface area contributed by atoms with E-state index in [4.69, 9.17) is 15.2 Å². The van der Waals surface area contributed by atoms with Crippen molar-refractivity contribution in [3.8, 4) is 0 Å². The van der Waals surface area contributed by atoms with E-state index in [0.717, 1.165) is 19.4 Å². The molecule has 0 heterocycles. The van der Waals surface area contributed by atoms with Gasteiger partial charge in [-0.25, -0.2) is 0 Å². The van der Waals surface area contributed by atoms with Crippen LogP contribution in [-0.4, -0.2) is 32.0 Å². The van der Waals surface area contributed by atoms with Gasteiger partial charge in [0.15, 0.2) is 0 Å². The van der Waals surface area contributed by atoms with E-state index >= 15 is 0 Å². The first kappa shape index (κ1) is 12.9. The Hall–Kier alpha value is -0.120. The molecule has 0 aromatic heterocycles. The summed E-state index contributed by atoms with van der Waals surface area (Å²) in [5, 5.41) is 0. The number of ether oxygens (including phenoxy) is 2. The maximum Gasteiger partial charge on any atom is 0.0703 e. The monoisotopic (exact) mass is 189 g/mol. The lowest BCUT2D eigenvalue weighted by Crippen LogP contribution is -2.16. The van der Waals surface area contributed by atoms with Gasteiger partial charge in [0.2, 0.25) is 0 Å². The second-order valence-electron chi connectivity index (χ2n) is 3.65. The standard InChI is InChI=1S/C10H23NO2/c1-9(2)13-8-7-12-6-4-5-10(3)11/h9-10H,4-8,11H2,1-3H3. The van der Waals surface area contributed by atoms with Crippen molar-refractivity contribution in [3.05, 3.63) is 0 Å². The van der Waals surface area contributed by atoms with Gasteiger partial charge in [-0.1, -0.05) is 0 Å². The summed E-state index contributed by atoms with van der Waals surface area (Å²) in [5.74, 6) is 0. The maximum atomic E-state index is 5.59. The molecule has 0 aliphatic carbocycles. The molecule has 0 aromatic carbocycles. The molecule has 0 rings (SSSR count). The Kier molecular flexibility index (Phi) is 8.40. The third-order valence-corrected chi connectivity index (χ3v) is 1.63. The van der Waals surface area contributed by atoms with Crippen molar-refractivity contribution in [2.24, 2.45) is 5.73 Å². The van der Waals surface area contributed by atoms with E-state index in [-0.39, 0.29) is 6.04 Å². The van der Waals surface area contributed by atoms with E-state index in [9.17, 15) is 0 Å². The van der Waals surface area contributed by atoms with Gasteiger partial charge in [-0.2, -0.15) is 0 Å². The fourth-order valence-corrected chi connectivity index (χ4v) is 0.952. The largest absolute Gasteiger partial charge is 0.379 e. The summed E-state index contributed by atoms with van der Waals surface area (Å²) in [5.41, 5.74) is 5.59. The third kappa shape index (κ3) is 11.9. The van der Waals surface area contributed by atoms with E-state index in [1.807, 2.05) is 20.8 Å². The Morgan fingerprint density at radius 2 is 1.77 bits per heavy atom. The van der Waals surface area contributed by atoms with Gasteiger partial charge in [-0.3, -0.25) is 0 Å². The minimum atomic E-state index is 0.288. The van der Waals surface area contributed by atoms with Crippen LogP contribution in [0.5, 0.6) is 0 Å². The van der Waals surface area contributed by atoms with Crippen molar-refractivity contribution in [2.45, 2.75) is 45.8 Å². The van der Waals surface area contributed by atoms with Crippen molar-refractivity contribution >= 4 is 0 Å². The third-order valence-electron chi connectivity index (χ3n) is 1.63. The van der Waals surface area contributed by atoms with Gasteiger partial charge >= 0.3 is 0 Å². The molecular weight excluding hydrogens is 166 g/mol. The van der Waals surface area contributed by atoms with Crippen LogP contribution in [0.3, 0.4) is 0 Å². The van der Waals surface area contributed by atoms with E-state index in [0.29, 0.717) is 19.3 Å². The molecule has 3 nitrogen and oxygen atoms in total. The average molecular weight is 189 g/mol. The number of rotatable bonds is 8. The molecule has 0 aliphatic rings. The van der Waals surface area contributed by atoms with Gasteiger partial charge in [0.05, 0.1) is 19.3 Å². The van der Waals surface area contributed by atoms with Crippen LogP contribution >= 0.6 is 0 Å². The van der Waals surface area contributed by atoms with E-state index in [1.165, 1.54) is 0 Å². The molecule has 0 fully saturated rings. The molecule has 0 saturated carbocycles. The highest BCUT2D eigenvalue weighted by Gasteiger charge is 1.95. The van der Waals surface area contributed by atoms with Gasteiger partial charge in [-0.05, 0) is 33.6 Å². The minimum Gasteiger partial charge on any atom is -0.379 e. The fraction of sp³-hybridized carbons (Fsp3) is 1.00. The van der Waals surface area contributed by atoms with Crippen molar-refractivity contribution < 1.29 is 9.47 Å². The van der Waals surface area contributed by atoms with Gasteiger partial charge in [0.25, 0.3) is 0 Å². The summed E-state index contributed by atoms with van der Waals surface area (Å²) in [4.78, 5) is 0. The van der Waals surface area contributed by atoms with E-state index in [2.05, 4.69) is 0 Å². The lowest BCUT2D eigenvalue weighted by molar-refractivity contribution is 0.0185. The second kappa shape index (κ2) is 8.48. The Labute approximate surface area is 81.6 Å². The quantitative estimate of drug-likeness (QED) is 0.589. The molecule has 1 atom stereocenters. The molecule has 0 saturated heterocycles. The van der Waals surface area contributed by atoms with Gasteiger partial charge in [-0.15, -0.1) is 0 Å². The Bertz CT molecular complexity index is 93.1. The Balaban J connectivity index is 2.92. The molecule has 3 heteroatoms. The molecule has 1 unspecified atom stereocenters. The zero-order chi connectivity index (χ0) is 10.1. The molecule has 0 bridgehead atoms. The van der Waals surface area contributed by atoms with E-state index in [1.54, 1.807) is 0 Å². The summed E-state index contributed by atoms with van der Waals surface area (Å²) in [7, 11) is 0. The molecule has 13 heavy (non-hydrogen) atoms. The average Bonchev–Trinajstić information content (AvgIpc) is 2.01. The first-order valence-electron chi connectivity index (χ1n) is 5.08. The van der Waals surface area contributed by atoms with Crippen molar-refractivity contribution in [2.75, 3.05) is 19.8 Å². The fourth-order valence-electron chi connectivity index (χ4n) is 0.952. The summed E-state index contributed by atoms with van der Waals surface area (Å²) in [6.45, 7) is 8.24. The maximum absolute atomic E-state index is 5.59. The first-order chi connectivity index (χ1) is 6.13. The Morgan fingerprint density at radius 1 is 1.08 bits per heavy atom. The topological polar surface area (TPSA) is 44.5 Å². The molecule has 0 aromatic rings. The summed E-state index contributed by atoms with van der Waals surface area (Å²) in [6, 6.07) is 0.288. The lowest BCUT2D eigenvalue weighted by Gasteiger charge is -2.08. The minimum absolute atomic E-state index is 0.288. The van der Waals surface area contributed by atoms with Crippen LogP contribution in [0.4, 0.5) is 0 Å². The zero-order valence-electron chi connectivity index (χ0n) is 9.08. The Morgan fingerprint density at radius 3 is 2.31 bits per heavy atom. The van der Waals surface area contributed by atoms with Crippen LogP contribution in [0, 0.1) is 0 Å². The number of nitrogens with two attached hydrogens (primary N) is 1. The lowest BCUT2D eigenvalue weighted by atomic mass is 10.2. The summed E-state index contributed by atoms with van der Waals surface area (Å²) >= 11 is 0. The predicted octanol–water partition coefficient (Wildman–Crippen LogP) is 1.56. The molecule has 0 spiro atoms. The van der Waals surface area contributed by atoms with Crippen LogP contribution in [0.25, 0.3) is 0 Å². The SMILES string of the molecule is CC(N)CCCOCCOC(C)C. The zero-order valence-corrected chi connectivity index (χ0v) is 9.08. The van der Waals surface area contributed by atoms with Crippen LogP contribution < -0.4 is 5.73 Å². The predicted molar refractivity (Wildman–Crippen MR) is 54.8 cm³/mol. The highest BCUT2D eigenvalue weighted by Crippen LogP contribution is 1.94. The highest BCUT2D eigenvalue weighted by molar-refractivity contribution is 4.51. The highest BCUT2D eigenvalue weighted by atomic mass is 16.5. The normalized spacial score (nSPS) is 13.6. The van der Waals surface area contributed by atoms with Gasteiger partial charge in [0.1, 0.15) is 0 Å². The van der Waals surface area contributed by atoms with E-state index < -0.39 is 0 Å². The number of hydrogen-bond acceptors (Lipinski definition) is 3. The number of hydrogen-bond donors (Lipinski definition) is 1. The molecule has 0 amide bonds. The van der Waals surface area contributed by atoms with Crippen LogP contribution in [0.15, 0.2) is 0 Å². The van der Waals surface area contributed by atoms with Crippen LogP contribution in [0.2, 0.25) is 0 Å². The molecule has 0 radical (unpaired) electrons. The van der Waals surface area contributed by atoms with Gasteiger partial charge in [0, 0.05) is 12.6 Å².